The van der Waals surface area contributed by atoms with E-state index in [2.05, 4.69) is 17.9 Å². The van der Waals surface area contributed by atoms with Crippen LogP contribution >= 0.6 is 11.6 Å². The summed E-state index contributed by atoms with van der Waals surface area (Å²) in [5.41, 5.74) is -0.881. The van der Waals surface area contributed by atoms with E-state index in [1.54, 1.807) is 0 Å². The third-order valence-corrected chi connectivity index (χ3v) is 0.759. The Morgan fingerprint density at radius 3 is 2.40 bits per heavy atom. The second kappa shape index (κ2) is 4.82. The van der Waals surface area contributed by atoms with Crippen LogP contribution in [0.25, 0.3) is 0 Å². The van der Waals surface area contributed by atoms with Gasteiger partial charge in [-0.15, -0.1) is 0 Å². The highest BCUT2D eigenvalue weighted by Crippen LogP contribution is 2.01. The number of carbonyl (C=O) groups excluding carboxylic acids is 1. The molecule has 0 atom stereocenters. The van der Waals surface area contributed by atoms with E-state index in [0.717, 1.165) is 0 Å². The van der Waals surface area contributed by atoms with E-state index in [-0.39, 0.29) is 5.76 Å². The van der Waals surface area contributed by atoms with Crippen molar-refractivity contribution in [3.63, 3.8) is 0 Å². The molecule has 0 aromatic rings. The summed E-state index contributed by atoms with van der Waals surface area (Å²) in [4.78, 5) is 10.1. The van der Waals surface area contributed by atoms with Crippen molar-refractivity contribution >= 4 is 17.0 Å². The Morgan fingerprint density at radius 1 is 1.50 bits per heavy atom. The predicted octanol–water partition coefficient (Wildman–Crippen LogP) is 2.62. The Kier molecular flexibility index (Phi) is 4.33. The molecule has 0 rings (SSSR count). The van der Waals surface area contributed by atoms with Crippen LogP contribution in [0, 0.1) is 0 Å². The topological polar surface area (TPSA) is 26.3 Å². The summed E-state index contributed by atoms with van der Waals surface area (Å²) in [6.45, 7) is 6.78. The number of ether oxygens (including phenoxy) is 1. The molecule has 0 fully saturated rings. The van der Waals surface area contributed by atoms with E-state index in [0.29, 0.717) is 0 Å². The molecule has 0 unspecified atom stereocenters. The molecule has 0 aliphatic heterocycles. The van der Waals surface area contributed by atoms with Gasteiger partial charge in [0.05, 0.1) is 0 Å². The van der Waals surface area contributed by atoms with E-state index in [1.807, 2.05) is 0 Å². The summed E-state index contributed by atoms with van der Waals surface area (Å²) in [7, 11) is 0. The third kappa shape index (κ3) is 3.92. The lowest BCUT2D eigenvalue weighted by molar-refractivity contribution is 0.206. The fourth-order valence-electron chi connectivity index (χ4n) is 0.353. The molecule has 0 aliphatic rings. The predicted molar refractivity (Wildman–Crippen MR) is 40.8 cm³/mol. The van der Waals surface area contributed by atoms with Crippen molar-refractivity contribution in [2.75, 3.05) is 0 Å². The highest BCUT2D eigenvalue weighted by molar-refractivity contribution is 6.61. The van der Waals surface area contributed by atoms with Crippen molar-refractivity contribution in [3.8, 4) is 0 Å². The Hall–Kier alpha value is -1.02. The first-order valence-electron chi connectivity index (χ1n) is 2.53. The summed E-state index contributed by atoms with van der Waals surface area (Å²) in [5.74, 6) is 0.287. The number of carbonyl (C=O) groups is 1. The van der Waals surface area contributed by atoms with Gasteiger partial charge >= 0.3 is 5.43 Å². The average Bonchev–Trinajstić information content (AvgIpc) is 1.86. The van der Waals surface area contributed by atoms with E-state index in [9.17, 15) is 4.79 Å². The first-order chi connectivity index (χ1) is 4.70. The van der Waals surface area contributed by atoms with Crippen molar-refractivity contribution in [2.24, 2.45) is 0 Å². The lowest BCUT2D eigenvalue weighted by Crippen LogP contribution is -1.90. The molecule has 0 aromatic heterocycles. The maximum Gasteiger partial charge on any atom is 0.409 e. The summed E-state index contributed by atoms with van der Waals surface area (Å²) in [6, 6.07) is 0. The maximum absolute atomic E-state index is 10.1. The molecular weight excluding hydrogens is 152 g/mol. The minimum absolute atomic E-state index is 0.287. The standard InChI is InChI=1S/C7H7ClO2/c1-3-5-6(4-2)10-7(8)9/h3-5H,1-2H2/b6-5+. The van der Waals surface area contributed by atoms with Crippen LogP contribution in [-0.4, -0.2) is 5.43 Å². The number of allylic oxidation sites excluding steroid dienone is 3. The lowest BCUT2D eigenvalue weighted by atomic mass is 10.4. The molecule has 0 spiro atoms. The molecule has 0 heterocycles. The van der Waals surface area contributed by atoms with E-state index < -0.39 is 5.43 Å². The van der Waals surface area contributed by atoms with Gasteiger partial charge in [0.1, 0.15) is 5.76 Å². The summed E-state index contributed by atoms with van der Waals surface area (Å²) < 4.78 is 4.44. The molecule has 0 aliphatic carbocycles. The number of rotatable bonds is 3. The molecule has 0 saturated heterocycles. The van der Waals surface area contributed by atoms with Crippen LogP contribution in [0.1, 0.15) is 0 Å². The Morgan fingerprint density at radius 2 is 2.10 bits per heavy atom. The van der Waals surface area contributed by atoms with Gasteiger partial charge in [0.2, 0.25) is 0 Å². The average molecular weight is 159 g/mol. The minimum Gasteiger partial charge on any atom is -0.415 e. The van der Waals surface area contributed by atoms with Crippen LogP contribution in [-0.2, 0) is 4.74 Å². The van der Waals surface area contributed by atoms with E-state index >= 15 is 0 Å². The smallest absolute Gasteiger partial charge is 0.409 e. The number of halogens is 1. The molecule has 3 heteroatoms. The molecule has 10 heavy (non-hydrogen) atoms. The normalized spacial score (nSPS) is 10.3. The van der Waals surface area contributed by atoms with Crippen molar-refractivity contribution in [1.82, 2.24) is 0 Å². The van der Waals surface area contributed by atoms with Gasteiger partial charge in [-0.2, -0.15) is 0 Å². The second-order valence-electron chi connectivity index (χ2n) is 1.35. The van der Waals surface area contributed by atoms with Crippen LogP contribution in [0.15, 0.2) is 37.1 Å². The van der Waals surface area contributed by atoms with Gasteiger partial charge < -0.3 is 4.74 Å². The highest BCUT2D eigenvalue weighted by atomic mass is 35.5. The monoisotopic (exact) mass is 158 g/mol. The zero-order valence-electron chi connectivity index (χ0n) is 5.34. The highest BCUT2D eigenvalue weighted by Gasteiger charge is 1.96. The summed E-state index contributed by atoms with van der Waals surface area (Å²) in [6.07, 6.45) is 4.31. The van der Waals surface area contributed by atoms with Gasteiger partial charge in [-0.3, -0.25) is 0 Å². The van der Waals surface area contributed by atoms with Gasteiger partial charge in [-0.05, 0) is 12.2 Å². The zero-order valence-corrected chi connectivity index (χ0v) is 6.10. The molecule has 0 saturated carbocycles. The molecule has 0 radical (unpaired) electrons. The van der Waals surface area contributed by atoms with Crippen molar-refractivity contribution in [3.05, 3.63) is 37.1 Å². The minimum atomic E-state index is -0.881. The number of hydrogen-bond acceptors (Lipinski definition) is 2. The van der Waals surface area contributed by atoms with Crippen LogP contribution in [0.3, 0.4) is 0 Å². The Labute approximate surface area is 64.4 Å². The van der Waals surface area contributed by atoms with Crippen LogP contribution in [0.5, 0.6) is 0 Å². The Bertz CT molecular complexity index is 182. The van der Waals surface area contributed by atoms with Gasteiger partial charge in [-0.25, -0.2) is 4.79 Å². The van der Waals surface area contributed by atoms with E-state index in [1.165, 1.54) is 18.2 Å². The molecule has 2 nitrogen and oxygen atoms in total. The molecule has 0 bridgehead atoms. The lowest BCUT2D eigenvalue weighted by Gasteiger charge is -1.96. The molecular formula is C7H7ClO2. The molecule has 0 N–H and O–H groups in total. The molecule has 54 valence electrons. The molecule has 0 aromatic carbocycles. The summed E-state index contributed by atoms with van der Waals surface area (Å²) in [5, 5.41) is 0. The first-order valence-corrected chi connectivity index (χ1v) is 2.91. The van der Waals surface area contributed by atoms with Gasteiger partial charge in [-0.1, -0.05) is 19.2 Å². The number of hydrogen-bond donors (Lipinski definition) is 0. The fourth-order valence-corrected chi connectivity index (χ4v) is 0.442. The van der Waals surface area contributed by atoms with Gasteiger partial charge in [0.25, 0.3) is 0 Å². The second-order valence-corrected chi connectivity index (χ2v) is 1.66. The zero-order chi connectivity index (χ0) is 7.98. The molecule has 0 amide bonds. The van der Waals surface area contributed by atoms with Gasteiger partial charge in [0, 0.05) is 11.6 Å². The summed E-state index contributed by atoms with van der Waals surface area (Å²) >= 11 is 4.90. The maximum atomic E-state index is 10.1. The van der Waals surface area contributed by atoms with Crippen LogP contribution < -0.4 is 0 Å². The SMILES string of the molecule is C=C/C=C(\C=C)OC(=O)Cl. The fraction of sp³-hybridized carbons (Fsp3) is 0. The quantitative estimate of drug-likeness (QED) is 0.359. The van der Waals surface area contributed by atoms with Crippen LogP contribution in [0.4, 0.5) is 4.79 Å². The van der Waals surface area contributed by atoms with Gasteiger partial charge in [0.15, 0.2) is 0 Å². The van der Waals surface area contributed by atoms with Crippen molar-refractivity contribution in [1.29, 1.82) is 0 Å². The van der Waals surface area contributed by atoms with Crippen molar-refractivity contribution < 1.29 is 9.53 Å². The van der Waals surface area contributed by atoms with Crippen LogP contribution in [0.2, 0.25) is 0 Å². The van der Waals surface area contributed by atoms with Crippen molar-refractivity contribution in [2.45, 2.75) is 0 Å². The first kappa shape index (κ1) is 8.98. The van der Waals surface area contributed by atoms with E-state index in [4.69, 9.17) is 11.6 Å². The largest absolute Gasteiger partial charge is 0.415 e. The Balaban J connectivity index is 4.08. The third-order valence-electron chi connectivity index (χ3n) is 0.681.